The molecule has 0 atom stereocenters. The van der Waals surface area contributed by atoms with Gasteiger partial charge in [-0.1, -0.05) is 250 Å². The molecular weight excluding hydrogens is 553 g/mol. The number of hydrogen-bond donors (Lipinski definition) is 0. The van der Waals surface area contributed by atoms with Gasteiger partial charge < -0.3 is 0 Å². The Labute approximate surface area is 294 Å². The van der Waals surface area contributed by atoms with Crippen molar-refractivity contribution in [1.82, 2.24) is 0 Å². The Bertz CT molecular complexity index is 544. The van der Waals surface area contributed by atoms with Crippen molar-refractivity contribution in [3.63, 3.8) is 0 Å². The second kappa shape index (κ2) is 44.5. The smallest absolute Gasteiger partial charge is 0.0351 e. The van der Waals surface area contributed by atoms with E-state index in [-0.39, 0.29) is 0 Å². The van der Waals surface area contributed by atoms with Crippen molar-refractivity contribution in [2.45, 2.75) is 270 Å². The van der Waals surface area contributed by atoms with Gasteiger partial charge in [-0.25, -0.2) is 0 Å². The van der Waals surface area contributed by atoms with Gasteiger partial charge in [0.1, 0.15) is 0 Å². The van der Waals surface area contributed by atoms with E-state index >= 15 is 0 Å². The van der Waals surface area contributed by atoms with Gasteiger partial charge in [0, 0.05) is 0 Å². The molecule has 0 unspecified atom stereocenters. The number of hydrogen-bond acceptors (Lipinski definition) is 0. The lowest BCUT2D eigenvalue weighted by Gasteiger charge is -2.05. The number of rotatable bonds is 42. The first-order valence-electron chi connectivity index (χ1n) is 22.2. The zero-order valence-corrected chi connectivity index (χ0v) is 32.4. The van der Waals surface area contributed by atoms with Gasteiger partial charge in [0.05, 0.1) is 0 Å². The molecule has 0 spiro atoms. The molecule has 0 aliphatic heterocycles. The molecule has 0 amide bonds. The van der Waals surface area contributed by atoms with Crippen LogP contribution < -0.4 is 0 Å². The highest BCUT2D eigenvalue weighted by atomic mass is 14.0. The van der Waals surface area contributed by atoms with E-state index < -0.39 is 0 Å². The minimum atomic E-state index is 1.21. The summed E-state index contributed by atoms with van der Waals surface area (Å²) in [6, 6.07) is 0. The maximum Gasteiger partial charge on any atom is -0.0351 e. The molecule has 0 nitrogen and oxygen atoms in total. The van der Waals surface area contributed by atoms with E-state index in [9.17, 15) is 0 Å². The molecule has 0 bridgehead atoms. The van der Waals surface area contributed by atoms with Crippen LogP contribution in [0.15, 0.2) is 24.8 Å². The maximum atomic E-state index is 3.81. The Balaban J connectivity index is 3.06. The van der Waals surface area contributed by atoms with Gasteiger partial charge in [0.2, 0.25) is 0 Å². The average Bonchev–Trinajstić information content (AvgIpc) is 3.07. The number of unbranched alkanes of at least 4 members (excludes halogenated alkanes) is 39. The Morgan fingerprint density at radius 1 is 0.239 bits per heavy atom. The third kappa shape index (κ3) is 43.5. The molecule has 0 radical (unpaired) electrons. The average molecular weight is 643 g/mol. The standard InChI is InChI=1S/C46H90/c1-3-5-7-9-11-13-15-17-19-21-23-25-27-29-31-33-35-37-39-41-43-45-46-44-42-40-38-36-34-32-30-28-26-24-22-20-18-16-14-12-10-8-6-4-2/h3,18,20H,1,4-17,19,21-46H2,2H3. The summed E-state index contributed by atoms with van der Waals surface area (Å²) in [6.07, 6.45) is 66.4. The molecule has 0 aromatic heterocycles. The largest absolute Gasteiger partial charge is 0.103 e. The molecular formula is C46H90. The van der Waals surface area contributed by atoms with Gasteiger partial charge in [0.15, 0.2) is 0 Å². The molecule has 0 fully saturated rings. The van der Waals surface area contributed by atoms with Crippen molar-refractivity contribution in [2.24, 2.45) is 0 Å². The van der Waals surface area contributed by atoms with E-state index in [0.29, 0.717) is 0 Å². The lowest BCUT2D eigenvalue weighted by molar-refractivity contribution is 0.512. The Morgan fingerprint density at radius 2 is 0.413 bits per heavy atom. The van der Waals surface area contributed by atoms with Crippen LogP contribution in [0.2, 0.25) is 0 Å². The summed E-state index contributed by atoms with van der Waals surface area (Å²) < 4.78 is 0. The highest BCUT2D eigenvalue weighted by molar-refractivity contribution is 4.81. The van der Waals surface area contributed by atoms with Gasteiger partial charge in [0.25, 0.3) is 0 Å². The minimum absolute atomic E-state index is 1.21. The van der Waals surface area contributed by atoms with Crippen molar-refractivity contribution in [2.75, 3.05) is 0 Å². The van der Waals surface area contributed by atoms with Crippen molar-refractivity contribution in [3.05, 3.63) is 24.8 Å². The fourth-order valence-corrected chi connectivity index (χ4v) is 7.13. The molecule has 0 rings (SSSR count). The summed E-state index contributed by atoms with van der Waals surface area (Å²) in [5.74, 6) is 0. The van der Waals surface area contributed by atoms with Crippen LogP contribution in [-0.4, -0.2) is 0 Å². The first-order valence-corrected chi connectivity index (χ1v) is 22.2. The van der Waals surface area contributed by atoms with Crippen LogP contribution in [0.3, 0.4) is 0 Å². The lowest BCUT2D eigenvalue weighted by atomic mass is 10.0. The summed E-state index contributed by atoms with van der Waals surface area (Å²) >= 11 is 0. The third-order valence-electron chi connectivity index (χ3n) is 10.4. The highest BCUT2D eigenvalue weighted by Crippen LogP contribution is 2.17. The third-order valence-corrected chi connectivity index (χ3v) is 10.4. The van der Waals surface area contributed by atoms with Crippen molar-refractivity contribution in [3.8, 4) is 0 Å². The van der Waals surface area contributed by atoms with E-state index in [1.807, 2.05) is 0 Å². The Morgan fingerprint density at radius 3 is 0.609 bits per heavy atom. The van der Waals surface area contributed by atoms with Crippen LogP contribution in [0.5, 0.6) is 0 Å². The normalized spacial score (nSPS) is 11.7. The number of allylic oxidation sites excluding steroid dienone is 3. The summed E-state index contributed by atoms with van der Waals surface area (Å²) in [7, 11) is 0. The highest BCUT2D eigenvalue weighted by Gasteiger charge is 1.97. The zero-order chi connectivity index (χ0) is 33.1. The molecule has 0 saturated heterocycles. The van der Waals surface area contributed by atoms with E-state index in [0.717, 1.165) is 0 Å². The van der Waals surface area contributed by atoms with E-state index in [2.05, 4.69) is 31.7 Å². The van der Waals surface area contributed by atoms with Crippen molar-refractivity contribution < 1.29 is 0 Å². The van der Waals surface area contributed by atoms with E-state index in [1.165, 1.54) is 263 Å². The fourth-order valence-electron chi connectivity index (χ4n) is 7.13. The Kier molecular flexibility index (Phi) is 44.0. The quantitative estimate of drug-likeness (QED) is 0.0459. The molecule has 0 aromatic rings. The van der Waals surface area contributed by atoms with Crippen LogP contribution in [0, 0.1) is 0 Å². The van der Waals surface area contributed by atoms with Gasteiger partial charge in [-0.15, -0.1) is 6.58 Å². The summed E-state index contributed by atoms with van der Waals surface area (Å²) in [4.78, 5) is 0. The van der Waals surface area contributed by atoms with Gasteiger partial charge in [-0.2, -0.15) is 0 Å². The molecule has 0 heteroatoms. The minimum Gasteiger partial charge on any atom is -0.103 e. The van der Waals surface area contributed by atoms with Crippen LogP contribution in [0.25, 0.3) is 0 Å². The topological polar surface area (TPSA) is 0 Å². The molecule has 0 aliphatic carbocycles. The SMILES string of the molecule is C=CCCCCCCCCCCCCCCCCCCCCCCCCCCCCCCCCCCC=CCCCCCCCC. The molecule has 0 aliphatic rings. The molecule has 0 saturated carbocycles. The molecule has 0 N–H and O–H groups in total. The predicted octanol–water partition coefficient (Wildman–Crippen LogP) is 17.7. The van der Waals surface area contributed by atoms with Crippen LogP contribution in [-0.2, 0) is 0 Å². The molecule has 274 valence electrons. The summed E-state index contributed by atoms with van der Waals surface area (Å²) in [5, 5.41) is 0. The monoisotopic (exact) mass is 643 g/mol. The van der Waals surface area contributed by atoms with E-state index in [1.54, 1.807) is 0 Å². The maximum absolute atomic E-state index is 3.81. The zero-order valence-electron chi connectivity index (χ0n) is 32.4. The van der Waals surface area contributed by atoms with Crippen LogP contribution >= 0.6 is 0 Å². The van der Waals surface area contributed by atoms with E-state index in [4.69, 9.17) is 0 Å². The first kappa shape index (κ1) is 45.5. The van der Waals surface area contributed by atoms with Crippen molar-refractivity contribution in [1.29, 1.82) is 0 Å². The predicted molar refractivity (Wildman–Crippen MR) is 214 cm³/mol. The second-order valence-corrected chi connectivity index (χ2v) is 15.2. The fraction of sp³-hybridized carbons (Fsp3) is 0.913. The van der Waals surface area contributed by atoms with Crippen molar-refractivity contribution >= 4 is 0 Å². The van der Waals surface area contributed by atoms with Gasteiger partial charge >= 0.3 is 0 Å². The van der Waals surface area contributed by atoms with Crippen LogP contribution in [0.4, 0.5) is 0 Å². The molecule has 0 aromatic carbocycles. The summed E-state index contributed by atoms with van der Waals surface area (Å²) in [6.45, 7) is 6.11. The summed E-state index contributed by atoms with van der Waals surface area (Å²) in [5.41, 5.74) is 0. The Hall–Kier alpha value is -0.520. The van der Waals surface area contributed by atoms with Gasteiger partial charge in [-0.3, -0.25) is 0 Å². The lowest BCUT2D eigenvalue weighted by Crippen LogP contribution is -1.85. The molecule has 46 heavy (non-hydrogen) atoms. The molecule has 0 heterocycles. The first-order chi connectivity index (χ1) is 22.9. The van der Waals surface area contributed by atoms with Gasteiger partial charge in [-0.05, 0) is 38.5 Å². The second-order valence-electron chi connectivity index (χ2n) is 15.2. The van der Waals surface area contributed by atoms with Crippen LogP contribution in [0.1, 0.15) is 270 Å².